The number of thioether (sulfide) groups is 1. The average Bonchev–Trinajstić information content (AvgIpc) is 2.77. The number of Topliss-reactive ketones (excluding diaryl/α,β-unsaturated/α-hetero) is 1. The molecule has 0 bridgehead atoms. The van der Waals surface area contributed by atoms with E-state index in [0.717, 1.165) is 10.8 Å². The fraction of sp³-hybridized carbons (Fsp3) is 0.214. The van der Waals surface area contributed by atoms with Crippen LogP contribution in [0.1, 0.15) is 28.6 Å². The zero-order valence-electron chi connectivity index (χ0n) is 9.90. The van der Waals surface area contributed by atoms with E-state index in [1.54, 1.807) is 17.8 Å². The Balaban J connectivity index is 2.02. The molecule has 0 fully saturated rings. The van der Waals surface area contributed by atoms with E-state index in [2.05, 4.69) is 19.1 Å². The molecule has 0 N–H and O–H groups in total. The molecule has 2 rings (SSSR count). The molecule has 2 nitrogen and oxygen atoms in total. The number of benzene rings is 1. The molecule has 0 aliphatic heterocycles. The maximum Gasteiger partial charge on any atom is 0.194 e. The number of ketones is 1. The molecule has 0 radical (unpaired) electrons. The Kier molecular flexibility index (Phi) is 3.69. The molecule has 2 aromatic rings. The molecule has 0 saturated carbocycles. The number of carbonyl (C=O) groups excluding carboxylic acids is 1. The van der Waals surface area contributed by atoms with Gasteiger partial charge in [0.1, 0.15) is 0 Å². The Morgan fingerprint density at radius 2 is 2.00 bits per heavy atom. The predicted octanol–water partition coefficient (Wildman–Crippen LogP) is 4.08. The van der Waals surface area contributed by atoms with Crippen LogP contribution < -0.4 is 0 Å². The third-order valence-corrected chi connectivity index (χ3v) is 3.52. The summed E-state index contributed by atoms with van der Waals surface area (Å²) in [7, 11) is 0. The fourth-order valence-corrected chi connectivity index (χ4v) is 2.44. The van der Waals surface area contributed by atoms with Crippen LogP contribution in [-0.2, 0) is 5.75 Å². The number of carbonyl (C=O) groups is 1. The van der Waals surface area contributed by atoms with Gasteiger partial charge in [-0.15, -0.1) is 0 Å². The second-order valence-corrected chi connectivity index (χ2v) is 4.87. The summed E-state index contributed by atoms with van der Waals surface area (Å²) in [5.41, 5.74) is 2.57. The second-order valence-electron chi connectivity index (χ2n) is 3.89. The van der Waals surface area contributed by atoms with Gasteiger partial charge >= 0.3 is 0 Å². The molecule has 0 spiro atoms. The van der Waals surface area contributed by atoms with Gasteiger partial charge < -0.3 is 4.42 Å². The lowest BCUT2D eigenvalue weighted by Crippen LogP contribution is -1.86. The highest BCUT2D eigenvalue weighted by atomic mass is 32.2. The molecule has 1 aromatic heterocycles. The maximum atomic E-state index is 11.1. The summed E-state index contributed by atoms with van der Waals surface area (Å²) in [4.78, 5) is 11.1. The minimum absolute atomic E-state index is 0.0345. The molecule has 17 heavy (non-hydrogen) atoms. The van der Waals surface area contributed by atoms with Crippen LogP contribution in [0.3, 0.4) is 0 Å². The van der Waals surface area contributed by atoms with Crippen molar-refractivity contribution in [1.29, 1.82) is 0 Å². The van der Waals surface area contributed by atoms with Crippen molar-refractivity contribution in [2.75, 3.05) is 0 Å². The van der Waals surface area contributed by atoms with Gasteiger partial charge in [0.25, 0.3) is 0 Å². The standard InChI is InChI=1S/C14H14O2S/c1-10-5-3-4-6-12(10)9-17-14-8-7-13(16-14)11(2)15/h3-8H,9H2,1-2H3. The number of hydrogen-bond donors (Lipinski definition) is 0. The van der Waals surface area contributed by atoms with Crippen molar-refractivity contribution in [1.82, 2.24) is 0 Å². The Morgan fingerprint density at radius 1 is 1.24 bits per heavy atom. The van der Waals surface area contributed by atoms with Gasteiger partial charge in [-0.2, -0.15) is 0 Å². The Hall–Kier alpha value is -1.48. The van der Waals surface area contributed by atoms with Gasteiger partial charge in [0.05, 0.1) is 0 Å². The minimum Gasteiger partial charge on any atom is -0.447 e. The third kappa shape index (κ3) is 3.01. The van der Waals surface area contributed by atoms with E-state index in [1.807, 2.05) is 18.2 Å². The van der Waals surface area contributed by atoms with Gasteiger partial charge in [0.2, 0.25) is 0 Å². The van der Waals surface area contributed by atoms with Crippen LogP contribution in [0.5, 0.6) is 0 Å². The topological polar surface area (TPSA) is 30.2 Å². The van der Waals surface area contributed by atoms with E-state index in [4.69, 9.17) is 4.42 Å². The number of aryl methyl sites for hydroxylation is 1. The Bertz CT molecular complexity index is 529. The summed E-state index contributed by atoms with van der Waals surface area (Å²) in [6.07, 6.45) is 0. The molecular weight excluding hydrogens is 232 g/mol. The Morgan fingerprint density at radius 3 is 2.65 bits per heavy atom. The minimum atomic E-state index is -0.0345. The highest BCUT2D eigenvalue weighted by molar-refractivity contribution is 7.98. The zero-order valence-corrected chi connectivity index (χ0v) is 10.7. The number of furan rings is 1. The van der Waals surface area contributed by atoms with Crippen molar-refractivity contribution in [3.05, 3.63) is 53.3 Å². The highest BCUT2D eigenvalue weighted by Gasteiger charge is 2.07. The van der Waals surface area contributed by atoms with Crippen molar-refractivity contribution in [2.45, 2.75) is 24.7 Å². The first-order chi connectivity index (χ1) is 8.16. The summed E-state index contributed by atoms with van der Waals surface area (Å²) in [5, 5.41) is 0.790. The number of hydrogen-bond acceptors (Lipinski definition) is 3. The first kappa shape index (κ1) is 12.0. The van der Waals surface area contributed by atoms with Gasteiger partial charge in [-0.3, -0.25) is 4.79 Å². The van der Waals surface area contributed by atoms with Crippen LogP contribution in [-0.4, -0.2) is 5.78 Å². The zero-order chi connectivity index (χ0) is 12.3. The van der Waals surface area contributed by atoms with E-state index < -0.39 is 0 Å². The molecule has 0 aliphatic rings. The fourth-order valence-electron chi connectivity index (χ4n) is 1.51. The predicted molar refractivity (Wildman–Crippen MR) is 69.5 cm³/mol. The Labute approximate surface area is 105 Å². The van der Waals surface area contributed by atoms with Crippen LogP contribution in [0.4, 0.5) is 0 Å². The van der Waals surface area contributed by atoms with E-state index in [0.29, 0.717) is 5.76 Å². The van der Waals surface area contributed by atoms with E-state index in [9.17, 15) is 4.79 Å². The van der Waals surface area contributed by atoms with Crippen LogP contribution in [0.2, 0.25) is 0 Å². The monoisotopic (exact) mass is 246 g/mol. The van der Waals surface area contributed by atoms with E-state index in [1.165, 1.54) is 18.1 Å². The molecule has 1 aromatic carbocycles. The summed E-state index contributed by atoms with van der Waals surface area (Å²) >= 11 is 1.61. The molecule has 0 atom stereocenters. The normalized spacial score (nSPS) is 10.5. The van der Waals surface area contributed by atoms with Gasteiger partial charge in [-0.05, 0) is 30.2 Å². The third-order valence-electron chi connectivity index (χ3n) is 2.56. The second kappa shape index (κ2) is 5.23. The number of rotatable bonds is 4. The molecule has 0 amide bonds. The first-order valence-corrected chi connectivity index (χ1v) is 6.43. The summed E-state index contributed by atoms with van der Waals surface area (Å²) < 4.78 is 5.42. The van der Waals surface area contributed by atoms with Crippen LogP contribution in [0, 0.1) is 6.92 Å². The lowest BCUT2D eigenvalue weighted by atomic mass is 10.1. The first-order valence-electron chi connectivity index (χ1n) is 5.45. The van der Waals surface area contributed by atoms with Gasteiger partial charge in [-0.25, -0.2) is 0 Å². The summed E-state index contributed by atoms with van der Waals surface area (Å²) in [6.45, 7) is 3.60. The van der Waals surface area contributed by atoms with E-state index in [-0.39, 0.29) is 5.78 Å². The van der Waals surface area contributed by atoms with Crippen molar-refractivity contribution < 1.29 is 9.21 Å². The van der Waals surface area contributed by atoms with Crippen molar-refractivity contribution in [3.8, 4) is 0 Å². The molecule has 1 heterocycles. The van der Waals surface area contributed by atoms with Crippen molar-refractivity contribution in [2.24, 2.45) is 0 Å². The van der Waals surface area contributed by atoms with Crippen molar-refractivity contribution >= 4 is 17.5 Å². The van der Waals surface area contributed by atoms with Crippen LogP contribution in [0.25, 0.3) is 0 Å². The largest absolute Gasteiger partial charge is 0.447 e. The quantitative estimate of drug-likeness (QED) is 0.601. The lowest BCUT2D eigenvalue weighted by Gasteiger charge is -2.03. The maximum absolute atomic E-state index is 11.1. The SMILES string of the molecule is CC(=O)c1ccc(SCc2ccccc2C)o1. The van der Waals surface area contributed by atoms with Crippen LogP contribution in [0.15, 0.2) is 45.9 Å². The van der Waals surface area contributed by atoms with Crippen molar-refractivity contribution in [3.63, 3.8) is 0 Å². The summed E-state index contributed by atoms with van der Waals surface area (Å²) in [6, 6.07) is 11.8. The molecule has 3 heteroatoms. The molecular formula is C14H14O2S. The summed E-state index contributed by atoms with van der Waals surface area (Å²) in [5.74, 6) is 1.25. The molecule has 0 aliphatic carbocycles. The lowest BCUT2D eigenvalue weighted by molar-refractivity contribution is 0.0982. The van der Waals surface area contributed by atoms with Gasteiger partial charge in [-0.1, -0.05) is 36.0 Å². The smallest absolute Gasteiger partial charge is 0.194 e. The molecule has 0 saturated heterocycles. The molecule has 0 unspecified atom stereocenters. The van der Waals surface area contributed by atoms with E-state index >= 15 is 0 Å². The average molecular weight is 246 g/mol. The molecule has 88 valence electrons. The van der Waals surface area contributed by atoms with Gasteiger partial charge in [0.15, 0.2) is 16.6 Å². The highest BCUT2D eigenvalue weighted by Crippen LogP contribution is 2.26. The van der Waals surface area contributed by atoms with Gasteiger partial charge in [0, 0.05) is 12.7 Å². The van der Waals surface area contributed by atoms with Crippen LogP contribution >= 0.6 is 11.8 Å².